The second-order valence-corrected chi connectivity index (χ2v) is 6.28. The monoisotopic (exact) mass is 295 g/mol. The molecular weight excluding hydrogens is 278 g/mol. The minimum Gasteiger partial charge on any atom is -0.348 e. The van der Waals surface area contributed by atoms with Crippen LogP contribution >= 0.6 is 23.1 Å². The van der Waals surface area contributed by atoms with Crippen LogP contribution in [0, 0.1) is 0 Å². The minimum absolute atomic E-state index is 0.103. The van der Waals surface area contributed by atoms with Gasteiger partial charge in [-0.1, -0.05) is 12.1 Å². The molecule has 1 amide bonds. The Labute approximate surface area is 120 Å². The second kappa shape index (κ2) is 6.88. The number of thioether (sulfide) groups is 1. The molecule has 1 heterocycles. The van der Waals surface area contributed by atoms with Crippen molar-refractivity contribution in [3.63, 3.8) is 0 Å². The Bertz CT molecular complexity index is 523. The quantitative estimate of drug-likeness (QED) is 0.855. The number of fused-ring (bicyclic) bond motifs is 1. The molecule has 1 aromatic carbocycles. The maximum atomic E-state index is 11.8. The molecule has 2 aromatic rings. The van der Waals surface area contributed by atoms with Crippen LogP contribution in [-0.2, 0) is 11.3 Å². The van der Waals surface area contributed by atoms with Crippen LogP contribution in [-0.4, -0.2) is 28.9 Å². The van der Waals surface area contributed by atoms with E-state index in [1.165, 1.54) is 0 Å². The highest BCUT2D eigenvalue weighted by Crippen LogP contribution is 2.21. The van der Waals surface area contributed by atoms with Gasteiger partial charge >= 0.3 is 0 Å². The van der Waals surface area contributed by atoms with Crippen molar-refractivity contribution in [2.45, 2.75) is 19.0 Å². The number of nitrogens with zero attached hydrogens (tertiary/aromatic N) is 1. The molecule has 102 valence electrons. The first-order valence-corrected chi connectivity index (χ1v) is 8.28. The first-order chi connectivity index (χ1) is 9.20. The summed E-state index contributed by atoms with van der Waals surface area (Å²) in [4.78, 5) is 16.2. The van der Waals surface area contributed by atoms with Crippen LogP contribution < -0.4 is 11.1 Å². The molecule has 0 aliphatic carbocycles. The molecule has 0 aliphatic heterocycles. The molecule has 0 saturated heterocycles. The largest absolute Gasteiger partial charge is 0.348 e. The van der Waals surface area contributed by atoms with Crippen LogP contribution in [0.2, 0.25) is 0 Å². The lowest BCUT2D eigenvalue weighted by Crippen LogP contribution is -2.40. The minimum atomic E-state index is -0.429. The Kier molecular flexibility index (Phi) is 5.18. The molecule has 2 rings (SSSR count). The topological polar surface area (TPSA) is 68.0 Å². The number of thiazole rings is 1. The van der Waals surface area contributed by atoms with Gasteiger partial charge in [-0.15, -0.1) is 11.3 Å². The normalized spacial score (nSPS) is 12.5. The lowest BCUT2D eigenvalue weighted by Gasteiger charge is -2.10. The summed E-state index contributed by atoms with van der Waals surface area (Å²) in [7, 11) is 0. The fraction of sp³-hybridized carbons (Fsp3) is 0.385. The maximum absolute atomic E-state index is 11.8. The Hall–Kier alpha value is -1.11. The first-order valence-electron chi connectivity index (χ1n) is 6.07. The Morgan fingerprint density at radius 3 is 3.05 bits per heavy atom. The molecule has 6 heteroatoms. The van der Waals surface area contributed by atoms with E-state index in [9.17, 15) is 4.79 Å². The van der Waals surface area contributed by atoms with Crippen LogP contribution in [0.3, 0.4) is 0 Å². The zero-order valence-corrected chi connectivity index (χ0v) is 12.4. The summed E-state index contributed by atoms with van der Waals surface area (Å²) in [5.74, 6) is 0.795. The number of nitrogens with two attached hydrogens (primary N) is 1. The molecule has 4 nitrogen and oxygen atoms in total. The zero-order valence-electron chi connectivity index (χ0n) is 10.8. The molecule has 3 N–H and O–H groups in total. The van der Waals surface area contributed by atoms with Crippen molar-refractivity contribution in [3.8, 4) is 0 Å². The molecule has 0 radical (unpaired) electrons. The van der Waals surface area contributed by atoms with E-state index >= 15 is 0 Å². The van der Waals surface area contributed by atoms with Gasteiger partial charge in [0.05, 0.1) is 22.8 Å². The number of hydrogen-bond donors (Lipinski definition) is 2. The van der Waals surface area contributed by atoms with Crippen LogP contribution in [0.15, 0.2) is 24.3 Å². The predicted octanol–water partition coefficient (Wildman–Crippen LogP) is 1.99. The third-order valence-corrected chi connectivity index (χ3v) is 4.40. The van der Waals surface area contributed by atoms with Crippen LogP contribution in [0.25, 0.3) is 10.2 Å². The highest BCUT2D eigenvalue weighted by molar-refractivity contribution is 7.98. The van der Waals surface area contributed by atoms with E-state index in [1.54, 1.807) is 23.1 Å². The van der Waals surface area contributed by atoms with Crippen molar-refractivity contribution in [3.05, 3.63) is 29.3 Å². The van der Waals surface area contributed by atoms with Crippen molar-refractivity contribution in [2.75, 3.05) is 12.0 Å². The van der Waals surface area contributed by atoms with E-state index in [1.807, 2.05) is 30.5 Å². The average Bonchev–Trinajstić information content (AvgIpc) is 2.84. The van der Waals surface area contributed by atoms with Crippen molar-refractivity contribution in [1.29, 1.82) is 0 Å². The fourth-order valence-corrected chi connectivity index (χ4v) is 3.06. The molecule has 0 aliphatic rings. The summed E-state index contributed by atoms with van der Waals surface area (Å²) in [6.45, 7) is 0.450. The van der Waals surface area contributed by atoms with Gasteiger partial charge in [-0.3, -0.25) is 4.79 Å². The van der Waals surface area contributed by atoms with Crippen LogP contribution in [0.1, 0.15) is 11.4 Å². The number of carbonyl (C=O) groups is 1. The van der Waals surface area contributed by atoms with Gasteiger partial charge < -0.3 is 11.1 Å². The predicted molar refractivity (Wildman–Crippen MR) is 82.4 cm³/mol. The average molecular weight is 295 g/mol. The molecular formula is C13H17N3OS2. The standard InChI is InChI=1S/C13H17N3OS2/c1-18-7-6-9(14)13(17)15-8-12-16-10-4-2-3-5-11(10)19-12/h2-5,9H,6-8,14H2,1H3,(H,15,17)/t9-/m0/s1. The van der Waals surface area contributed by atoms with E-state index in [0.29, 0.717) is 13.0 Å². The molecule has 0 saturated carbocycles. The molecule has 1 atom stereocenters. The number of nitrogens with one attached hydrogen (secondary N) is 1. The van der Waals surface area contributed by atoms with E-state index < -0.39 is 6.04 Å². The Morgan fingerprint density at radius 2 is 2.32 bits per heavy atom. The van der Waals surface area contributed by atoms with Gasteiger partial charge in [0.1, 0.15) is 5.01 Å². The van der Waals surface area contributed by atoms with Crippen molar-refractivity contribution < 1.29 is 4.79 Å². The molecule has 0 unspecified atom stereocenters. The van der Waals surface area contributed by atoms with E-state index in [4.69, 9.17) is 5.73 Å². The summed E-state index contributed by atoms with van der Waals surface area (Å²) in [6, 6.07) is 7.52. The van der Waals surface area contributed by atoms with Gasteiger partial charge in [-0.25, -0.2) is 4.98 Å². The number of aromatic nitrogens is 1. The van der Waals surface area contributed by atoms with E-state index in [0.717, 1.165) is 21.0 Å². The second-order valence-electron chi connectivity index (χ2n) is 4.18. The van der Waals surface area contributed by atoms with Gasteiger partial charge in [0, 0.05) is 0 Å². The summed E-state index contributed by atoms with van der Waals surface area (Å²) < 4.78 is 1.14. The molecule has 0 fully saturated rings. The summed E-state index contributed by atoms with van der Waals surface area (Å²) >= 11 is 3.29. The Balaban J connectivity index is 1.89. The molecule has 1 aromatic heterocycles. The van der Waals surface area contributed by atoms with Gasteiger partial charge in [-0.05, 0) is 30.6 Å². The maximum Gasteiger partial charge on any atom is 0.237 e. The lowest BCUT2D eigenvalue weighted by atomic mass is 10.2. The molecule has 0 bridgehead atoms. The number of para-hydroxylation sites is 1. The van der Waals surface area contributed by atoms with Crippen molar-refractivity contribution in [1.82, 2.24) is 10.3 Å². The number of carbonyl (C=O) groups excluding carboxylic acids is 1. The molecule has 19 heavy (non-hydrogen) atoms. The Morgan fingerprint density at radius 1 is 1.53 bits per heavy atom. The number of rotatable bonds is 6. The first kappa shape index (κ1) is 14.3. The van der Waals surface area contributed by atoms with Crippen LogP contribution in [0.5, 0.6) is 0 Å². The van der Waals surface area contributed by atoms with Gasteiger partial charge in [0.15, 0.2) is 0 Å². The van der Waals surface area contributed by atoms with E-state index in [-0.39, 0.29) is 5.91 Å². The van der Waals surface area contributed by atoms with Gasteiger partial charge in [0.2, 0.25) is 5.91 Å². The summed E-state index contributed by atoms with van der Waals surface area (Å²) in [5.41, 5.74) is 6.78. The zero-order chi connectivity index (χ0) is 13.7. The third-order valence-electron chi connectivity index (χ3n) is 2.72. The lowest BCUT2D eigenvalue weighted by molar-refractivity contribution is -0.122. The fourth-order valence-electron chi connectivity index (χ4n) is 1.67. The number of amides is 1. The molecule has 0 spiro atoms. The van der Waals surface area contributed by atoms with Gasteiger partial charge in [-0.2, -0.15) is 11.8 Å². The SMILES string of the molecule is CSCC[C@H](N)C(=O)NCc1nc2ccccc2s1. The van der Waals surface area contributed by atoms with Crippen molar-refractivity contribution >= 4 is 39.2 Å². The van der Waals surface area contributed by atoms with Gasteiger partial charge in [0.25, 0.3) is 0 Å². The smallest absolute Gasteiger partial charge is 0.237 e. The van der Waals surface area contributed by atoms with E-state index in [2.05, 4.69) is 10.3 Å². The highest BCUT2D eigenvalue weighted by atomic mass is 32.2. The van der Waals surface area contributed by atoms with Crippen molar-refractivity contribution in [2.24, 2.45) is 5.73 Å². The summed E-state index contributed by atoms with van der Waals surface area (Å²) in [6.07, 6.45) is 2.71. The number of benzene rings is 1. The highest BCUT2D eigenvalue weighted by Gasteiger charge is 2.13. The number of hydrogen-bond acceptors (Lipinski definition) is 5. The van der Waals surface area contributed by atoms with Crippen LogP contribution in [0.4, 0.5) is 0 Å². The summed E-state index contributed by atoms with van der Waals surface area (Å²) in [5, 5.41) is 3.75. The third kappa shape index (κ3) is 3.92.